The first kappa shape index (κ1) is 17.6. The second-order valence-corrected chi connectivity index (χ2v) is 6.40. The minimum atomic E-state index is -0.257. The summed E-state index contributed by atoms with van der Waals surface area (Å²) in [4.78, 5) is 49.8. The standard InChI is InChI=1S/C20H17N5O3/c26-18(23-12-8-9-15-14(10-12)19(27)22-11-21-15)7-3-6-17-24-16-5-2-1-4-13(16)20(28)25-17/h1-2,4-5,8-11H,3,6-7H2,(H,23,26)(H,21,22,27)(H,24,25,28). The van der Waals surface area contributed by atoms with E-state index >= 15 is 0 Å². The molecule has 3 N–H and O–H groups in total. The van der Waals surface area contributed by atoms with E-state index < -0.39 is 0 Å². The molecule has 0 radical (unpaired) electrons. The Labute approximate surface area is 158 Å². The third-order valence-electron chi connectivity index (χ3n) is 4.40. The maximum atomic E-state index is 12.2. The van der Waals surface area contributed by atoms with E-state index in [0.717, 1.165) is 0 Å². The van der Waals surface area contributed by atoms with Gasteiger partial charge < -0.3 is 15.3 Å². The maximum Gasteiger partial charge on any atom is 0.258 e. The second kappa shape index (κ2) is 7.43. The van der Waals surface area contributed by atoms with Crippen LogP contribution >= 0.6 is 0 Å². The lowest BCUT2D eigenvalue weighted by atomic mass is 10.2. The van der Waals surface area contributed by atoms with Crippen LogP contribution in [0, 0.1) is 0 Å². The number of H-pyrrole nitrogens is 2. The number of nitrogens with zero attached hydrogens (tertiary/aromatic N) is 2. The highest BCUT2D eigenvalue weighted by atomic mass is 16.1. The Balaban J connectivity index is 1.39. The Morgan fingerprint density at radius 1 is 1.00 bits per heavy atom. The maximum absolute atomic E-state index is 12.2. The summed E-state index contributed by atoms with van der Waals surface area (Å²) in [5.74, 6) is 0.377. The number of amides is 1. The van der Waals surface area contributed by atoms with Crippen LogP contribution in [0.3, 0.4) is 0 Å². The molecule has 140 valence electrons. The van der Waals surface area contributed by atoms with Gasteiger partial charge in [-0.2, -0.15) is 0 Å². The normalized spacial score (nSPS) is 11.0. The predicted octanol–water partition coefficient (Wildman–Crippen LogP) is 2.12. The number of carbonyl (C=O) groups is 1. The largest absolute Gasteiger partial charge is 0.326 e. The molecule has 28 heavy (non-hydrogen) atoms. The second-order valence-electron chi connectivity index (χ2n) is 6.40. The van der Waals surface area contributed by atoms with Gasteiger partial charge in [0.25, 0.3) is 11.1 Å². The predicted molar refractivity (Wildman–Crippen MR) is 106 cm³/mol. The van der Waals surface area contributed by atoms with Crippen LogP contribution in [-0.2, 0) is 11.2 Å². The number of nitrogens with one attached hydrogen (secondary N) is 3. The van der Waals surface area contributed by atoms with E-state index in [4.69, 9.17) is 0 Å². The van der Waals surface area contributed by atoms with Crippen LogP contribution in [0.25, 0.3) is 21.8 Å². The monoisotopic (exact) mass is 375 g/mol. The van der Waals surface area contributed by atoms with Crippen molar-refractivity contribution < 1.29 is 4.79 Å². The van der Waals surface area contributed by atoms with E-state index in [-0.39, 0.29) is 23.4 Å². The van der Waals surface area contributed by atoms with Gasteiger partial charge in [0, 0.05) is 18.5 Å². The van der Waals surface area contributed by atoms with Gasteiger partial charge in [-0.05, 0) is 36.8 Å². The molecular formula is C20H17N5O3. The van der Waals surface area contributed by atoms with Gasteiger partial charge in [-0.25, -0.2) is 9.97 Å². The van der Waals surface area contributed by atoms with E-state index in [0.29, 0.717) is 46.2 Å². The van der Waals surface area contributed by atoms with Crippen molar-refractivity contribution in [2.45, 2.75) is 19.3 Å². The first-order valence-corrected chi connectivity index (χ1v) is 8.85. The molecule has 0 aliphatic heterocycles. The summed E-state index contributed by atoms with van der Waals surface area (Å²) in [6.45, 7) is 0. The SMILES string of the molecule is O=C(CCCc1nc2ccccc2c(=O)[nH]1)Nc1ccc2nc[nH]c(=O)c2c1. The number of aryl methyl sites for hydroxylation is 1. The molecule has 0 unspecified atom stereocenters. The van der Waals surface area contributed by atoms with Crippen LogP contribution in [0.15, 0.2) is 58.4 Å². The highest BCUT2D eigenvalue weighted by molar-refractivity contribution is 5.93. The first-order valence-electron chi connectivity index (χ1n) is 8.85. The zero-order chi connectivity index (χ0) is 19.5. The lowest BCUT2D eigenvalue weighted by Crippen LogP contribution is -2.14. The molecule has 2 heterocycles. The number of carbonyl (C=O) groups excluding carboxylic acids is 1. The van der Waals surface area contributed by atoms with Gasteiger partial charge in [0.2, 0.25) is 5.91 Å². The summed E-state index contributed by atoms with van der Waals surface area (Å²) in [6, 6.07) is 12.1. The molecule has 1 amide bonds. The van der Waals surface area contributed by atoms with Crippen LogP contribution < -0.4 is 16.4 Å². The molecule has 0 spiro atoms. The van der Waals surface area contributed by atoms with Gasteiger partial charge in [-0.3, -0.25) is 14.4 Å². The Kier molecular flexibility index (Phi) is 4.67. The summed E-state index contributed by atoms with van der Waals surface area (Å²) < 4.78 is 0. The molecule has 0 bridgehead atoms. The molecule has 0 aliphatic carbocycles. The lowest BCUT2D eigenvalue weighted by molar-refractivity contribution is -0.116. The molecule has 2 aromatic heterocycles. The summed E-state index contributed by atoms with van der Waals surface area (Å²) in [6.07, 6.45) is 2.61. The average Bonchev–Trinajstić information content (AvgIpc) is 2.69. The molecule has 8 heteroatoms. The zero-order valence-electron chi connectivity index (χ0n) is 14.9. The Morgan fingerprint density at radius 2 is 1.86 bits per heavy atom. The van der Waals surface area contributed by atoms with Crippen molar-refractivity contribution in [1.29, 1.82) is 0 Å². The van der Waals surface area contributed by atoms with Crippen molar-refractivity contribution in [2.24, 2.45) is 0 Å². The van der Waals surface area contributed by atoms with Crippen molar-refractivity contribution in [3.63, 3.8) is 0 Å². The number of hydrogen-bond donors (Lipinski definition) is 3. The molecule has 0 saturated carbocycles. The van der Waals surface area contributed by atoms with Crippen molar-refractivity contribution in [3.8, 4) is 0 Å². The van der Waals surface area contributed by atoms with Crippen LogP contribution in [0.1, 0.15) is 18.7 Å². The number of fused-ring (bicyclic) bond motifs is 2. The van der Waals surface area contributed by atoms with E-state index in [2.05, 4.69) is 25.3 Å². The number of rotatable bonds is 5. The molecule has 4 rings (SSSR count). The average molecular weight is 375 g/mol. The molecular weight excluding hydrogens is 358 g/mol. The van der Waals surface area contributed by atoms with E-state index in [1.807, 2.05) is 6.07 Å². The van der Waals surface area contributed by atoms with Gasteiger partial charge >= 0.3 is 0 Å². The fourth-order valence-corrected chi connectivity index (χ4v) is 3.04. The van der Waals surface area contributed by atoms with Crippen molar-refractivity contribution in [3.05, 3.63) is 75.3 Å². The third-order valence-corrected chi connectivity index (χ3v) is 4.40. The summed E-state index contributed by atoms with van der Waals surface area (Å²) in [5, 5.41) is 3.74. The zero-order valence-corrected chi connectivity index (χ0v) is 14.9. The first-order chi connectivity index (χ1) is 13.6. The number of para-hydroxylation sites is 1. The third kappa shape index (κ3) is 3.66. The molecule has 0 fully saturated rings. The minimum absolute atomic E-state index is 0.178. The smallest absolute Gasteiger partial charge is 0.258 e. The molecule has 8 nitrogen and oxygen atoms in total. The quantitative estimate of drug-likeness (QED) is 0.493. The van der Waals surface area contributed by atoms with Crippen molar-refractivity contribution >= 4 is 33.4 Å². The van der Waals surface area contributed by atoms with Crippen LogP contribution in [0.2, 0.25) is 0 Å². The minimum Gasteiger partial charge on any atom is -0.326 e. The number of benzene rings is 2. The number of aromatic amines is 2. The Bertz CT molecular complexity index is 1290. The van der Waals surface area contributed by atoms with Gasteiger partial charge in [0.1, 0.15) is 5.82 Å². The van der Waals surface area contributed by atoms with Crippen LogP contribution in [-0.4, -0.2) is 25.8 Å². The highest BCUT2D eigenvalue weighted by Gasteiger charge is 2.07. The van der Waals surface area contributed by atoms with E-state index in [1.165, 1.54) is 6.33 Å². The topological polar surface area (TPSA) is 121 Å². The fraction of sp³-hybridized carbons (Fsp3) is 0.150. The van der Waals surface area contributed by atoms with Gasteiger partial charge in [-0.15, -0.1) is 0 Å². The van der Waals surface area contributed by atoms with Gasteiger partial charge in [0.05, 0.1) is 28.1 Å². The lowest BCUT2D eigenvalue weighted by Gasteiger charge is -2.06. The number of aromatic nitrogens is 4. The molecule has 0 saturated heterocycles. The van der Waals surface area contributed by atoms with E-state index in [9.17, 15) is 14.4 Å². The molecule has 4 aromatic rings. The molecule has 2 aromatic carbocycles. The van der Waals surface area contributed by atoms with Crippen LogP contribution in [0.5, 0.6) is 0 Å². The fourth-order valence-electron chi connectivity index (χ4n) is 3.04. The van der Waals surface area contributed by atoms with Gasteiger partial charge in [0.15, 0.2) is 0 Å². The Morgan fingerprint density at radius 3 is 2.75 bits per heavy atom. The van der Waals surface area contributed by atoms with Crippen LogP contribution in [0.4, 0.5) is 5.69 Å². The molecule has 0 aliphatic rings. The summed E-state index contributed by atoms with van der Waals surface area (Å²) in [7, 11) is 0. The summed E-state index contributed by atoms with van der Waals surface area (Å²) >= 11 is 0. The number of anilines is 1. The Hall–Kier alpha value is -3.81. The number of hydrogen-bond acceptors (Lipinski definition) is 5. The van der Waals surface area contributed by atoms with Crippen molar-refractivity contribution in [1.82, 2.24) is 19.9 Å². The van der Waals surface area contributed by atoms with Gasteiger partial charge in [-0.1, -0.05) is 12.1 Å². The highest BCUT2D eigenvalue weighted by Crippen LogP contribution is 2.14. The van der Waals surface area contributed by atoms with Crippen molar-refractivity contribution in [2.75, 3.05) is 5.32 Å². The van der Waals surface area contributed by atoms with E-state index in [1.54, 1.807) is 36.4 Å². The summed E-state index contributed by atoms with van der Waals surface area (Å²) in [5.41, 5.74) is 1.30. The molecule has 0 atom stereocenters.